The van der Waals surface area contributed by atoms with E-state index in [2.05, 4.69) is 34.4 Å². The van der Waals surface area contributed by atoms with E-state index in [0.29, 0.717) is 0 Å². The van der Waals surface area contributed by atoms with Gasteiger partial charge in [0.2, 0.25) is 0 Å². The highest BCUT2D eigenvalue weighted by Crippen LogP contribution is 2.22. The number of ether oxygens (including phenoxy) is 1. The van der Waals surface area contributed by atoms with E-state index in [1.165, 1.54) is 0 Å². The minimum atomic E-state index is 0.732. The molecule has 130 valence electrons. The second kappa shape index (κ2) is 11.1. The van der Waals surface area contributed by atoms with Crippen molar-refractivity contribution in [2.24, 2.45) is 4.99 Å². The highest BCUT2D eigenvalue weighted by molar-refractivity contribution is 6.31. The van der Waals surface area contributed by atoms with Gasteiger partial charge in [0.15, 0.2) is 5.96 Å². The van der Waals surface area contributed by atoms with Crippen molar-refractivity contribution < 1.29 is 4.74 Å². The highest BCUT2D eigenvalue weighted by atomic mass is 35.5. The summed E-state index contributed by atoms with van der Waals surface area (Å²) < 4.78 is 5.16. The normalized spacial score (nSPS) is 11.7. The van der Waals surface area contributed by atoms with Crippen LogP contribution in [-0.4, -0.2) is 57.7 Å². The monoisotopic (exact) mass is 340 g/mol. The van der Waals surface area contributed by atoms with E-state index >= 15 is 0 Å². The first-order valence-corrected chi connectivity index (χ1v) is 8.51. The molecule has 0 bridgehead atoms. The topological polar surface area (TPSA) is 48.9 Å². The summed E-state index contributed by atoms with van der Waals surface area (Å²) in [7, 11) is 3.42. The molecule has 0 unspecified atom stereocenters. The van der Waals surface area contributed by atoms with Gasteiger partial charge in [-0.15, -0.1) is 0 Å². The van der Waals surface area contributed by atoms with Crippen molar-refractivity contribution in [3.63, 3.8) is 0 Å². The summed E-state index contributed by atoms with van der Waals surface area (Å²) in [6.07, 6.45) is 0.833. The Morgan fingerprint density at radius 1 is 1.22 bits per heavy atom. The summed E-state index contributed by atoms with van der Waals surface area (Å²) >= 11 is 6.25. The molecule has 1 rings (SSSR count). The zero-order chi connectivity index (χ0) is 17.1. The van der Waals surface area contributed by atoms with Gasteiger partial charge < -0.3 is 20.3 Å². The molecular formula is C17H29ClN4O. The fourth-order valence-electron chi connectivity index (χ4n) is 2.27. The molecule has 0 heterocycles. The van der Waals surface area contributed by atoms with Crippen molar-refractivity contribution in [1.82, 2.24) is 15.5 Å². The minimum absolute atomic E-state index is 0.732. The lowest BCUT2D eigenvalue weighted by atomic mass is 10.1. The van der Waals surface area contributed by atoms with E-state index in [9.17, 15) is 0 Å². The number of likely N-dealkylation sites (N-methyl/N-ethyl adjacent to an activating group) is 1. The minimum Gasteiger partial charge on any atom is -0.497 e. The number of halogens is 1. The number of hydrogen-bond donors (Lipinski definition) is 2. The lowest BCUT2D eigenvalue weighted by molar-refractivity contribution is 0.308. The number of guanidine groups is 1. The summed E-state index contributed by atoms with van der Waals surface area (Å²) in [6.45, 7) is 9.16. The smallest absolute Gasteiger partial charge is 0.191 e. The van der Waals surface area contributed by atoms with Crippen molar-refractivity contribution in [2.45, 2.75) is 20.3 Å². The second-order valence-electron chi connectivity index (χ2n) is 5.16. The molecule has 0 amide bonds. The molecule has 5 nitrogen and oxygen atoms in total. The summed E-state index contributed by atoms with van der Waals surface area (Å²) in [5, 5.41) is 7.38. The first-order chi connectivity index (χ1) is 11.1. The van der Waals surface area contributed by atoms with Gasteiger partial charge in [0.25, 0.3) is 0 Å². The molecular weight excluding hydrogens is 312 g/mol. The van der Waals surface area contributed by atoms with Crippen LogP contribution in [0.15, 0.2) is 23.2 Å². The van der Waals surface area contributed by atoms with Crippen molar-refractivity contribution in [1.29, 1.82) is 0 Å². The Bertz CT molecular complexity index is 489. The average molecular weight is 341 g/mol. The van der Waals surface area contributed by atoms with Crippen molar-refractivity contribution >= 4 is 17.6 Å². The summed E-state index contributed by atoms with van der Waals surface area (Å²) in [5.74, 6) is 1.60. The summed E-state index contributed by atoms with van der Waals surface area (Å²) in [6, 6.07) is 5.77. The Kier molecular flexibility index (Phi) is 9.48. The van der Waals surface area contributed by atoms with Crippen LogP contribution in [0.1, 0.15) is 19.4 Å². The Balaban J connectivity index is 2.35. The van der Waals surface area contributed by atoms with Crippen LogP contribution in [0.5, 0.6) is 5.75 Å². The van der Waals surface area contributed by atoms with Crippen molar-refractivity contribution in [3.8, 4) is 5.75 Å². The predicted octanol–water partition coefficient (Wildman–Crippen LogP) is 2.40. The summed E-state index contributed by atoms with van der Waals surface area (Å²) in [5.41, 5.74) is 1.10. The number of rotatable bonds is 9. The van der Waals surface area contributed by atoms with Crippen LogP contribution >= 0.6 is 11.6 Å². The zero-order valence-corrected chi connectivity index (χ0v) is 15.4. The molecule has 0 radical (unpaired) electrons. The van der Waals surface area contributed by atoms with Gasteiger partial charge in [-0.25, -0.2) is 0 Å². The van der Waals surface area contributed by atoms with Crippen LogP contribution < -0.4 is 15.4 Å². The molecule has 0 saturated heterocycles. The molecule has 0 aliphatic carbocycles. The van der Waals surface area contributed by atoms with Gasteiger partial charge in [0.1, 0.15) is 5.75 Å². The molecule has 0 aliphatic heterocycles. The maximum atomic E-state index is 6.25. The maximum absolute atomic E-state index is 6.25. The molecule has 6 heteroatoms. The van der Waals surface area contributed by atoms with E-state index < -0.39 is 0 Å². The molecule has 1 aromatic rings. The number of aliphatic imine (C=N–C) groups is 1. The Hall–Kier alpha value is -1.46. The fourth-order valence-corrected chi connectivity index (χ4v) is 2.53. The molecule has 0 aromatic heterocycles. The molecule has 0 atom stereocenters. The van der Waals surface area contributed by atoms with Crippen LogP contribution in [-0.2, 0) is 6.42 Å². The van der Waals surface area contributed by atoms with Gasteiger partial charge in [-0.1, -0.05) is 31.5 Å². The Labute approximate surface area is 145 Å². The molecule has 0 fully saturated rings. The summed E-state index contributed by atoms with van der Waals surface area (Å²) in [4.78, 5) is 6.61. The maximum Gasteiger partial charge on any atom is 0.191 e. The van der Waals surface area contributed by atoms with Crippen molar-refractivity contribution in [3.05, 3.63) is 28.8 Å². The third kappa shape index (κ3) is 7.10. The SMILES string of the molecule is CCN(CC)CCNC(=NC)NCCc1ccc(OC)cc1Cl. The standard InChI is InChI=1S/C17H29ClN4O/c1-5-22(6-2)12-11-21-17(19-3)20-10-9-14-7-8-15(23-4)13-16(14)18/h7-8,13H,5-6,9-12H2,1-4H3,(H2,19,20,21). The number of nitrogens with one attached hydrogen (secondary N) is 2. The molecule has 0 spiro atoms. The van der Waals surface area contributed by atoms with E-state index in [0.717, 1.165) is 61.4 Å². The first-order valence-electron chi connectivity index (χ1n) is 8.13. The van der Waals surface area contributed by atoms with E-state index in [1.54, 1.807) is 14.2 Å². The zero-order valence-electron chi connectivity index (χ0n) is 14.7. The Morgan fingerprint density at radius 3 is 2.48 bits per heavy atom. The van der Waals surface area contributed by atoms with Gasteiger partial charge in [-0.05, 0) is 37.2 Å². The van der Waals surface area contributed by atoms with E-state index in [4.69, 9.17) is 16.3 Å². The third-order valence-corrected chi connectivity index (χ3v) is 4.14. The van der Waals surface area contributed by atoms with Crippen LogP contribution in [0.4, 0.5) is 0 Å². The van der Waals surface area contributed by atoms with Crippen LogP contribution in [0, 0.1) is 0 Å². The Morgan fingerprint density at radius 2 is 1.91 bits per heavy atom. The van der Waals surface area contributed by atoms with Gasteiger partial charge >= 0.3 is 0 Å². The van der Waals surface area contributed by atoms with Gasteiger partial charge in [-0.2, -0.15) is 0 Å². The fraction of sp³-hybridized carbons (Fsp3) is 0.588. The van der Waals surface area contributed by atoms with Crippen LogP contribution in [0.25, 0.3) is 0 Å². The third-order valence-electron chi connectivity index (χ3n) is 3.79. The molecule has 0 saturated carbocycles. The number of hydrogen-bond acceptors (Lipinski definition) is 3. The van der Waals surface area contributed by atoms with Crippen LogP contribution in [0.2, 0.25) is 5.02 Å². The van der Waals surface area contributed by atoms with Gasteiger partial charge in [0.05, 0.1) is 7.11 Å². The molecule has 0 aliphatic rings. The van der Waals surface area contributed by atoms with Gasteiger partial charge in [0, 0.05) is 31.7 Å². The highest BCUT2D eigenvalue weighted by Gasteiger charge is 2.04. The average Bonchev–Trinajstić information content (AvgIpc) is 2.58. The largest absolute Gasteiger partial charge is 0.497 e. The number of methoxy groups -OCH3 is 1. The van der Waals surface area contributed by atoms with Gasteiger partial charge in [-0.3, -0.25) is 4.99 Å². The lowest BCUT2D eigenvalue weighted by Crippen LogP contribution is -2.42. The van der Waals surface area contributed by atoms with E-state index in [1.807, 2.05) is 18.2 Å². The van der Waals surface area contributed by atoms with Crippen molar-refractivity contribution in [2.75, 3.05) is 46.9 Å². The second-order valence-corrected chi connectivity index (χ2v) is 5.57. The first kappa shape index (κ1) is 19.6. The molecule has 2 N–H and O–H groups in total. The van der Waals surface area contributed by atoms with Crippen LogP contribution in [0.3, 0.4) is 0 Å². The number of benzene rings is 1. The molecule has 23 heavy (non-hydrogen) atoms. The molecule has 1 aromatic carbocycles. The predicted molar refractivity (Wildman–Crippen MR) is 98.9 cm³/mol. The number of nitrogens with zero attached hydrogens (tertiary/aromatic N) is 2. The quantitative estimate of drug-likeness (QED) is 0.535. The lowest BCUT2D eigenvalue weighted by Gasteiger charge is -2.19. The van der Waals surface area contributed by atoms with E-state index in [-0.39, 0.29) is 0 Å².